The molecule has 156 valence electrons. The first-order valence-electron chi connectivity index (χ1n) is 9.68. The van der Waals surface area contributed by atoms with Crippen molar-refractivity contribution in [2.24, 2.45) is 0 Å². The molecular formula is C24H18F2N2O3. The zero-order chi connectivity index (χ0) is 22.1. The summed E-state index contributed by atoms with van der Waals surface area (Å²) in [6.45, 7) is 1.98. The minimum absolute atomic E-state index is 0.211. The molecule has 1 aromatic heterocycles. The number of hydrogen-bond acceptors (Lipinski definition) is 4. The lowest BCUT2D eigenvalue weighted by Gasteiger charge is -2.25. The topological polar surface area (TPSA) is 70.5 Å². The number of halogens is 2. The van der Waals surface area contributed by atoms with Crippen LogP contribution in [0, 0.1) is 11.6 Å². The number of rotatable bonds is 4. The Balaban J connectivity index is 1.93. The molecule has 0 spiro atoms. The van der Waals surface area contributed by atoms with Crippen LogP contribution >= 0.6 is 0 Å². The van der Waals surface area contributed by atoms with Crippen LogP contribution in [0.3, 0.4) is 0 Å². The maximum atomic E-state index is 14.6. The number of benzene rings is 2. The number of carbonyl (C=O) groups excluding carboxylic acids is 2. The van der Waals surface area contributed by atoms with E-state index < -0.39 is 29.4 Å². The summed E-state index contributed by atoms with van der Waals surface area (Å²) >= 11 is 0. The lowest BCUT2D eigenvalue weighted by atomic mass is 9.97. The molecule has 1 N–H and O–H groups in total. The highest BCUT2D eigenvalue weighted by atomic mass is 19.1. The molecule has 0 radical (unpaired) electrons. The third kappa shape index (κ3) is 3.59. The second-order valence-electron chi connectivity index (χ2n) is 7.07. The van der Waals surface area contributed by atoms with Gasteiger partial charge in [-0.1, -0.05) is 37.3 Å². The Morgan fingerprint density at radius 2 is 1.81 bits per heavy atom. The summed E-state index contributed by atoms with van der Waals surface area (Å²) < 4.78 is 28.0. The first kappa shape index (κ1) is 20.4. The third-order valence-corrected chi connectivity index (χ3v) is 5.22. The van der Waals surface area contributed by atoms with Crippen LogP contribution < -0.4 is 4.90 Å². The lowest BCUT2D eigenvalue weighted by molar-refractivity contribution is -0.132. The molecule has 1 aliphatic rings. The Hall–Kier alpha value is -3.87. The predicted octanol–water partition coefficient (Wildman–Crippen LogP) is 4.55. The average molecular weight is 420 g/mol. The Labute approximate surface area is 177 Å². The normalized spacial score (nSPS) is 17.9. The molecule has 7 heteroatoms. The smallest absolute Gasteiger partial charge is 0.300 e. The van der Waals surface area contributed by atoms with E-state index in [2.05, 4.69) is 4.98 Å². The van der Waals surface area contributed by atoms with Crippen LogP contribution in [0.1, 0.15) is 29.8 Å². The summed E-state index contributed by atoms with van der Waals surface area (Å²) in [5.74, 6) is -4.22. The fraction of sp³-hybridized carbons (Fsp3) is 0.125. The first-order chi connectivity index (χ1) is 14.9. The molecule has 5 nitrogen and oxygen atoms in total. The van der Waals surface area contributed by atoms with Crippen LogP contribution in [0.5, 0.6) is 0 Å². The highest BCUT2D eigenvalue weighted by Gasteiger charge is 2.48. The molecule has 1 aliphatic heterocycles. The number of aliphatic hydroxyl groups excluding tert-OH is 1. The minimum Gasteiger partial charge on any atom is -0.507 e. The fourth-order valence-electron chi connectivity index (χ4n) is 3.63. The number of carbonyl (C=O) groups is 2. The van der Waals surface area contributed by atoms with Crippen LogP contribution in [-0.4, -0.2) is 21.8 Å². The molecule has 1 unspecified atom stereocenters. The van der Waals surface area contributed by atoms with Gasteiger partial charge in [-0.05, 0) is 36.2 Å². The maximum absolute atomic E-state index is 14.6. The van der Waals surface area contributed by atoms with E-state index in [-0.39, 0.29) is 22.7 Å². The number of aromatic nitrogens is 1. The van der Waals surface area contributed by atoms with Gasteiger partial charge in [-0.25, -0.2) is 8.78 Å². The number of aliphatic hydroxyl groups is 1. The molecule has 1 saturated heterocycles. The molecule has 3 aromatic rings. The zero-order valence-electron chi connectivity index (χ0n) is 16.5. The molecule has 0 bridgehead atoms. The molecule has 4 rings (SSSR count). The highest BCUT2D eigenvalue weighted by molar-refractivity contribution is 6.51. The number of aryl methyl sites for hydroxylation is 1. The minimum atomic E-state index is -1.17. The van der Waals surface area contributed by atoms with E-state index in [1.807, 2.05) is 6.92 Å². The number of pyridine rings is 1. The number of anilines is 1. The number of nitrogens with zero attached hydrogens (tertiary/aromatic N) is 2. The van der Waals surface area contributed by atoms with Crippen LogP contribution in [0.15, 0.2) is 72.4 Å². The Morgan fingerprint density at radius 3 is 2.42 bits per heavy atom. The van der Waals surface area contributed by atoms with Gasteiger partial charge in [0.05, 0.1) is 17.0 Å². The van der Waals surface area contributed by atoms with Gasteiger partial charge in [0.25, 0.3) is 11.7 Å². The van der Waals surface area contributed by atoms with E-state index in [0.717, 1.165) is 29.0 Å². The van der Waals surface area contributed by atoms with E-state index in [1.54, 1.807) is 42.5 Å². The predicted molar refractivity (Wildman–Crippen MR) is 111 cm³/mol. The van der Waals surface area contributed by atoms with E-state index in [0.29, 0.717) is 11.6 Å². The van der Waals surface area contributed by atoms with Crippen molar-refractivity contribution >= 4 is 23.1 Å². The van der Waals surface area contributed by atoms with Crippen molar-refractivity contribution in [3.8, 4) is 0 Å². The number of amides is 1. The van der Waals surface area contributed by atoms with Crippen molar-refractivity contribution < 1.29 is 23.5 Å². The molecule has 0 saturated carbocycles. The van der Waals surface area contributed by atoms with Gasteiger partial charge >= 0.3 is 0 Å². The SMILES string of the molecule is CCc1ccc(/C(O)=C2\C(=O)C(=O)N(c3ccc(F)cc3F)C2c2ccccn2)cc1. The van der Waals surface area contributed by atoms with Crippen molar-refractivity contribution in [2.75, 3.05) is 4.90 Å². The van der Waals surface area contributed by atoms with Crippen LogP contribution in [0.25, 0.3) is 5.76 Å². The van der Waals surface area contributed by atoms with Gasteiger partial charge in [0, 0.05) is 17.8 Å². The number of hydrogen-bond donors (Lipinski definition) is 1. The average Bonchev–Trinajstić information content (AvgIpc) is 3.04. The van der Waals surface area contributed by atoms with Crippen molar-refractivity contribution in [1.82, 2.24) is 4.98 Å². The van der Waals surface area contributed by atoms with E-state index in [9.17, 15) is 23.5 Å². The van der Waals surface area contributed by atoms with Crippen molar-refractivity contribution in [1.29, 1.82) is 0 Å². The first-order valence-corrected chi connectivity index (χ1v) is 9.68. The van der Waals surface area contributed by atoms with Gasteiger partial charge in [-0.15, -0.1) is 0 Å². The van der Waals surface area contributed by atoms with Gasteiger partial charge in [0.2, 0.25) is 0 Å². The Kier molecular flexibility index (Phi) is 5.33. The third-order valence-electron chi connectivity index (χ3n) is 5.22. The van der Waals surface area contributed by atoms with Crippen LogP contribution in [-0.2, 0) is 16.0 Å². The van der Waals surface area contributed by atoms with E-state index in [4.69, 9.17) is 0 Å². The van der Waals surface area contributed by atoms with Crippen LogP contribution in [0.2, 0.25) is 0 Å². The summed E-state index contributed by atoms with van der Waals surface area (Å²) in [5.41, 5.74) is 1.15. The Morgan fingerprint density at radius 1 is 1.06 bits per heavy atom. The molecule has 2 aromatic carbocycles. The fourth-order valence-corrected chi connectivity index (χ4v) is 3.63. The summed E-state index contributed by atoms with van der Waals surface area (Å²) in [6, 6.07) is 13.3. The lowest BCUT2D eigenvalue weighted by Crippen LogP contribution is -2.30. The summed E-state index contributed by atoms with van der Waals surface area (Å²) in [5, 5.41) is 11.0. The summed E-state index contributed by atoms with van der Waals surface area (Å²) in [4.78, 5) is 31.0. The quantitative estimate of drug-likeness (QED) is 0.382. The molecule has 2 heterocycles. The largest absolute Gasteiger partial charge is 0.507 e. The second kappa shape index (κ2) is 8.10. The molecular weight excluding hydrogens is 402 g/mol. The second-order valence-corrected chi connectivity index (χ2v) is 7.07. The van der Waals surface area contributed by atoms with Crippen LogP contribution in [0.4, 0.5) is 14.5 Å². The maximum Gasteiger partial charge on any atom is 0.300 e. The van der Waals surface area contributed by atoms with Crippen molar-refractivity contribution in [3.63, 3.8) is 0 Å². The molecule has 1 amide bonds. The molecule has 0 aliphatic carbocycles. The number of Topliss-reactive ketones (excluding diaryl/α,β-unsaturated/α-hetero) is 1. The van der Waals surface area contributed by atoms with Crippen molar-refractivity contribution in [2.45, 2.75) is 19.4 Å². The van der Waals surface area contributed by atoms with Gasteiger partial charge in [-0.3, -0.25) is 19.5 Å². The standard InChI is InChI=1S/C24H18F2N2O3/c1-2-14-6-8-15(9-7-14)22(29)20-21(18-5-3-4-12-27-18)28(24(31)23(20)30)19-11-10-16(25)13-17(19)26/h3-13,21,29H,2H2,1H3/b22-20+. The molecule has 31 heavy (non-hydrogen) atoms. The van der Waals surface area contributed by atoms with Gasteiger partial charge in [0.1, 0.15) is 23.4 Å². The summed E-state index contributed by atoms with van der Waals surface area (Å²) in [6.07, 6.45) is 2.26. The zero-order valence-corrected chi connectivity index (χ0v) is 16.5. The van der Waals surface area contributed by atoms with Gasteiger partial charge < -0.3 is 5.11 Å². The Bertz CT molecular complexity index is 1190. The van der Waals surface area contributed by atoms with Crippen molar-refractivity contribution in [3.05, 3.63) is 101 Å². The molecule has 1 atom stereocenters. The number of ketones is 1. The van der Waals surface area contributed by atoms with E-state index in [1.165, 1.54) is 6.20 Å². The highest BCUT2D eigenvalue weighted by Crippen LogP contribution is 2.42. The van der Waals surface area contributed by atoms with Gasteiger partial charge in [-0.2, -0.15) is 0 Å². The monoisotopic (exact) mass is 420 g/mol. The van der Waals surface area contributed by atoms with Gasteiger partial charge in [0.15, 0.2) is 0 Å². The summed E-state index contributed by atoms with van der Waals surface area (Å²) in [7, 11) is 0. The molecule has 1 fully saturated rings. The van der Waals surface area contributed by atoms with E-state index >= 15 is 0 Å².